The smallest absolute Gasteiger partial charge is 0.410 e. The van der Waals surface area contributed by atoms with Gasteiger partial charge in [0.25, 0.3) is 0 Å². The Bertz CT molecular complexity index is 404. The van der Waals surface area contributed by atoms with Gasteiger partial charge < -0.3 is 14.7 Å². The van der Waals surface area contributed by atoms with E-state index in [4.69, 9.17) is 4.74 Å². The van der Waals surface area contributed by atoms with E-state index in [9.17, 15) is 9.90 Å². The largest absolute Gasteiger partial charge is 0.444 e. The van der Waals surface area contributed by atoms with E-state index < -0.39 is 11.2 Å². The second-order valence-corrected chi connectivity index (χ2v) is 8.24. The summed E-state index contributed by atoms with van der Waals surface area (Å²) in [7, 11) is 0. The van der Waals surface area contributed by atoms with Gasteiger partial charge in [-0.2, -0.15) is 0 Å². The molecule has 1 unspecified atom stereocenters. The molecule has 1 heterocycles. The lowest BCUT2D eigenvalue weighted by molar-refractivity contribution is -0.0772. The number of carbonyl (C=O) groups excluding carboxylic acids is 1. The molecule has 2 saturated carbocycles. The molecule has 1 atom stereocenters. The molecule has 3 rings (SSSR count). The predicted molar refractivity (Wildman–Crippen MR) is 76.4 cm³/mol. The van der Waals surface area contributed by atoms with Gasteiger partial charge in [-0.3, -0.25) is 0 Å². The van der Waals surface area contributed by atoms with E-state index in [1.54, 1.807) is 4.90 Å². The van der Waals surface area contributed by atoms with Crippen LogP contribution in [-0.2, 0) is 4.74 Å². The van der Waals surface area contributed by atoms with Crippen molar-refractivity contribution < 1.29 is 14.6 Å². The highest BCUT2D eigenvalue weighted by Crippen LogP contribution is 2.55. The summed E-state index contributed by atoms with van der Waals surface area (Å²) in [5.41, 5.74) is -0.707. The van der Waals surface area contributed by atoms with Crippen LogP contribution >= 0.6 is 0 Å². The van der Waals surface area contributed by atoms with E-state index in [-0.39, 0.29) is 11.5 Å². The van der Waals surface area contributed by atoms with Gasteiger partial charge >= 0.3 is 6.09 Å². The summed E-state index contributed by atoms with van der Waals surface area (Å²) in [5.74, 6) is 0.512. The number of ether oxygens (including phenoxy) is 1. The Balaban J connectivity index is 1.54. The van der Waals surface area contributed by atoms with Crippen LogP contribution in [0.4, 0.5) is 4.79 Å². The lowest BCUT2D eigenvalue weighted by Gasteiger charge is -2.49. The maximum atomic E-state index is 12.0. The molecule has 2 aliphatic carbocycles. The van der Waals surface area contributed by atoms with Crippen LogP contribution in [0.3, 0.4) is 0 Å². The predicted octanol–water partition coefficient (Wildman–Crippen LogP) is 2.94. The maximum Gasteiger partial charge on any atom is 0.410 e. The Morgan fingerprint density at radius 3 is 2.40 bits per heavy atom. The third-order valence-electron chi connectivity index (χ3n) is 5.34. The Kier molecular flexibility index (Phi) is 3.09. The first-order valence-corrected chi connectivity index (χ1v) is 7.92. The first kappa shape index (κ1) is 14.2. The standard InChI is InChI=1S/C16H27NO3/c1-14(2,3)20-13(18)17-10-15(11-17)7-8-16(19,9-15)12-5-4-6-12/h12,19H,4-11H2,1-3H3. The number of rotatable bonds is 1. The molecule has 3 aliphatic rings. The van der Waals surface area contributed by atoms with E-state index in [0.29, 0.717) is 5.92 Å². The summed E-state index contributed by atoms with van der Waals surface area (Å²) in [4.78, 5) is 13.8. The molecule has 0 bridgehead atoms. The van der Waals surface area contributed by atoms with Gasteiger partial charge in [-0.1, -0.05) is 6.42 Å². The molecular formula is C16H27NO3. The fourth-order valence-corrected chi connectivity index (χ4v) is 4.09. The van der Waals surface area contributed by atoms with Gasteiger partial charge in [-0.25, -0.2) is 4.79 Å². The van der Waals surface area contributed by atoms with Gasteiger partial charge in [0, 0.05) is 18.5 Å². The van der Waals surface area contributed by atoms with Crippen LogP contribution in [0, 0.1) is 11.3 Å². The Labute approximate surface area is 121 Å². The van der Waals surface area contributed by atoms with Crippen LogP contribution in [0.2, 0.25) is 0 Å². The maximum absolute atomic E-state index is 12.0. The molecule has 0 aromatic heterocycles. The fourth-order valence-electron chi connectivity index (χ4n) is 4.09. The SMILES string of the molecule is CC(C)(C)OC(=O)N1CC2(CCC(O)(C3CCC3)C2)C1. The molecule has 1 spiro atoms. The molecule has 20 heavy (non-hydrogen) atoms. The van der Waals surface area contributed by atoms with Gasteiger partial charge in [0.2, 0.25) is 0 Å². The Hall–Kier alpha value is -0.770. The van der Waals surface area contributed by atoms with Crippen LogP contribution in [0.5, 0.6) is 0 Å². The van der Waals surface area contributed by atoms with Gasteiger partial charge in [0.15, 0.2) is 0 Å². The average molecular weight is 281 g/mol. The summed E-state index contributed by atoms with van der Waals surface area (Å²) in [5, 5.41) is 10.8. The van der Waals surface area contributed by atoms with Crippen molar-refractivity contribution in [3.63, 3.8) is 0 Å². The Morgan fingerprint density at radius 2 is 1.90 bits per heavy atom. The molecule has 4 heteroatoms. The number of hydrogen-bond acceptors (Lipinski definition) is 3. The highest BCUT2D eigenvalue weighted by atomic mass is 16.6. The second-order valence-electron chi connectivity index (χ2n) is 8.24. The second kappa shape index (κ2) is 4.36. The van der Waals surface area contributed by atoms with Crippen molar-refractivity contribution in [3.05, 3.63) is 0 Å². The number of aliphatic hydroxyl groups is 1. The zero-order valence-corrected chi connectivity index (χ0v) is 12.9. The average Bonchev–Trinajstić information content (AvgIpc) is 2.49. The van der Waals surface area contributed by atoms with E-state index in [1.165, 1.54) is 19.3 Å². The summed E-state index contributed by atoms with van der Waals surface area (Å²) in [6.45, 7) is 7.20. The molecule has 4 nitrogen and oxygen atoms in total. The molecule has 1 N–H and O–H groups in total. The summed E-state index contributed by atoms with van der Waals surface area (Å²) >= 11 is 0. The Morgan fingerprint density at radius 1 is 1.25 bits per heavy atom. The first-order valence-electron chi connectivity index (χ1n) is 7.92. The third kappa shape index (κ3) is 2.43. The number of nitrogens with zero attached hydrogens (tertiary/aromatic N) is 1. The molecular weight excluding hydrogens is 254 g/mol. The number of amides is 1. The van der Waals surface area contributed by atoms with Crippen molar-refractivity contribution in [1.82, 2.24) is 4.90 Å². The first-order chi connectivity index (χ1) is 9.22. The highest BCUT2D eigenvalue weighted by Gasteiger charge is 2.57. The normalized spacial score (nSPS) is 32.9. The van der Waals surface area contributed by atoms with Crippen LogP contribution in [-0.4, -0.2) is 40.4 Å². The lowest BCUT2D eigenvalue weighted by atomic mass is 9.69. The van der Waals surface area contributed by atoms with E-state index in [0.717, 1.165) is 32.4 Å². The van der Waals surface area contributed by atoms with Crippen LogP contribution < -0.4 is 0 Å². The molecule has 1 amide bonds. The van der Waals surface area contributed by atoms with E-state index >= 15 is 0 Å². The minimum Gasteiger partial charge on any atom is -0.444 e. The zero-order valence-electron chi connectivity index (χ0n) is 12.9. The van der Waals surface area contributed by atoms with E-state index in [2.05, 4.69) is 0 Å². The van der Waals surface area contributed by atoms with Gasteiger partial charge in [0.05, 0.1) is 5.60 Å². The molecule has 1 saturated heterocycles. The van der Waals surface area contributed by atoms with Crippen LogP contribution in [0.1, 0.15) is 59.3 Å². The van der Waals surface area contributed by atoms with Crippen molar-refractivity contribution in [3.8, 4) is 0 Å². The fraction of sp³-hybridized carbons (Fsp3) is 0.938. The zero-order chi connectivity index (χ0) is 14.6. The van der Waals surface area contributed by atoms with Crippen molar-refractivity contribution in [2.45, 2.75) is 70.5 Å². The minimum atomic E-state index is -0.446. The lowest BCUT2D eigenvalue weighted by Crippen LogP contribution is -2.59. The van der Waals surface area contributed by atoms with Gasteiger partial charge in [-0.05, 0) is 58.8 Å². The quantitative estimate of drug-likeness (QED) is 0.804. The van der Waals surface area contributed by atoms with Crippen molar-refractivity contribution >= 4 is 6.09 Å². The summed E-state index contributed by atoms with van der Waals surface area (Å²) < 4.78 is 5.40. The van der Waals surface area contributed by atoms with E-state index in [1.807, 2.05) is 20.8 Å². The molecule has 114 valence electrons. The summed E-state index contributed by atoms with van der Waals surface area (Å²) in [6.07, 6.45) is 6.28. The molecule has 0 radical (unpaired) electrons. The van der Waals surface area contributed by atoms with Gasteiger partial charge in [0.1, 0.15) is 5.60 Å². The summed E-state index contributed by atoms with van der Waals surface area (Å²) in [6, 6.07) is 0. The monoisotopic (exact) mass is 281 g/mol. The van der Waals surface area contributed by atoms with Crippen molar-refractivity contribution in [1.29, 1.82) is 0 Å². The molecule has 3 fully saturated rings. The van der Waals surface area contributed by atoms with Crippen molar-refractivity contribution in [2.75, 3.05) is 13.1 Å². The topological polar surface area (TPSA) is 49.8 Å². The van der Waals surface area contributed by atoms with Crippen molar-refractivity contribution in [2.24, 2.45) is 11.3 Å². The van der Waals surface area contributed by atoms with Crippen LogP contribution in [0.25, 0.3) is 0 Å². The highest BCUT2D eigenvalue weighted by molar-refractivity contribution is 5.69. The van der Waals surface area contributed by atoms with Gasteiger partial charge in [-0.15, -0.1) is 0 Å². The number of likely N-dealkylation sites (tertiary alicyclic amines) is 1. The van der Waals surface area contributed by atoms with Crippen LogP contribution in [0.15, 0.2) is 0 Å². The molecule has 0 aromatic carbocycles. The number of hydrogen-bond donors (Lipinski definition) is 1. The minimum absolute atomic E-state index is 0.168. The third-order valence-corrected chi connectivity index (χ3v) is 5.34. The number of carbonyl (C=O) groups is 1. The molecule has 1 aliphatic heterocycles. The molecule has 0 aromatic rings.